The van der Waals surface area contributed by atoms with Crippen molar-refractivity contribution in [3.8, 4) is 0 Å². The van der Waals surface area contributed by atoms with Crippen LogP contribution < -0.4 is 0 Å². The van der Waals surface area contributed by atoms with Crippen LogP contribution in [0.3, 0.4) is 0 Å². The molecule has 2 aromatic heterocycles. The minimum atomic E-state index is 0.0990. The normalized spacial score (nSPS) is 17.1. The number of benzene rings is 1. The maximum absolute atomic E-state index is 12.9. The van der Waals surface area contributed by atoms with Crippen molar-refractivity contribution >= 4 is 5.91 Å². The molecule has 0 bridgehead atoms. The van der Waals surface area contributed by atoms with Gasteiger partial charge in [-0.05, 0) is 36.6 Å². The van der Waals surface area contributed by atoms with Gasteiger partial charge >= 0.3 is 0 Å². The number of carbonyl (C=O) groups excluding carboxylic acids is 1. The van der Waals surface area contributed by atoms with Crippen LogP contribution in [0, 0.1) is 0 Å². The van der Waals surface area contributed by atoms with Crippen LogP contribution in [0.4, 0.5) is 0 Å². The van der Waals surface area contributed by atoms with Crippen LogP contribution in [0.15, 0.2) is 55.4 Å². The lowest BCUT2D eigenvalue weighted by Gasteiger charge is -2.25. The van der Waals surface area contributed by atoms with Crippen LogP contribution in [-0.4, -0.2) is 47.9 Å². The summed E-state index contributed by atoms with van der Waals surface area (Å²) in [7, 11) is 0. The molecule has 0 saturated carbocycles. The molecule has 0 radical (unpaired) electrons. The third-order valence-electron chi connectivity index (χ3n) is 4.61. The molecule has 1 aliphatic heterocycles. The van der Waals surface area contributed by atoms with Crippen LogP contribution in [-0.2, 0) is 13.1 Å². The number of rotatable bonds is 5. The number of aromatic nitrogens is 5. The van der Waals surface area contributed by atoms with E-state index in [4.69, 9.17) is 0 Å². The van der Waals surface area contributed by atoms with E-state index in [0.29, 0.717) is 6.54 Å². The van der Waals surface area contributed by atoms with E-state index in [1.165, 1.54) is 6.33 Å². The van der Waals surface area contributed by atoms with E-state index in [1.54, 1.807) is 17.2 Å². The Bertz CT molecular complexity index is 810. The Morgan fingerprint density at radius 1 is 1.16 bits per heavy atom. The summed E-state index contributed by atoms with van der Waals surface area (Å²) in [4.78, 5) is 18.8. The van der Waals surface area contributed by atoms with E-state index in [9.17, 15) is 4.79 Å². The lowest BCUT2D eigenvalue weighted by atomic mass is 10.1. The molecule has 1 amide bonds. The van der Waals surface area contributed by atoms with Gasteiger partial charge in [-0.2, -0.15) is 10.2 Å². The van der Waals surface area contributed by atoms with Crippen molar-refractivity contribution in [3.05, 3.63) is 66.5 Å². The Balaban J connectivity index is 1.44. The van der Waals surface area contributed by atoms with E-state index in [1.807, 2.05) is 46.1 Å². The summed E-state index contributed by atoms with van der Waals surface area (Å²) in [5.41, 5.74) is 1.83. The summed E-state index contributed by atoms with van der Waals surface area (Å²) in [6.07, 6.45) is 8.99. The van der Waals surface area contributed by atoms with E-state index < -0.39 is 0 Å². The zero-order chi connectivity index (χ0) is 17.1. The first-order chi connectivity index (χ1) is 12.3. The van der Waals surface area contributed by atoms with Crippen LogP contribution in [0.5, 0.6) is 0 Å². The summed E-state index contributed by atoms with van der Waals surface area (Å²) >= 11 is 0. The van der Waals surface area contributed by atoms with Gasteiger partial charge in [0, 0.05) is 24.5 Å². The molecule has 0 aliphatic carbocycles. The summed E-state index contributed by atoms with van der Waals surface area (Å²) in [6.45, 7) is 2.22. The molecule has 3 aromatic rings. The molecule has 0 spiro atoms. The molecule has 7 heteroatoms. The van der Waals surface area contributed by atoms with Crippen LogP contribution in [0.1, 0.15) is 28.8 Å². The highest BCUT2D eigenvalue weighted by Gasteiger charge is 2.29. The fraction of sp³-hybridized carbons (Fsp3) is 0.333. The van der Waals surface area contributed by atoms with Crippen LogP contribution >= 0.6 is 0 Å². The second-order valence-electron chi connectivity index (χ2n) is 6.31. The van der Waals surface area contributed by atoms with E-state index in [-0.39, 0.29) is 11.9 Å². The van der Waals surface area contributed by atoms with Gasteiger partial charge in [-0.3, -0.25) is 9.48 Å². The second kappa shape index (κ2) is 6.88. The van der Waals surface area contributed by atoms with Crippen molar-refractivity contribution in [1.29, 1.82) is 0 Å². The molecule has 1 aromatic carbocycles. The van der Waals surface area contributed by atoms with Gasteiger partial charge in [-0.1, -0.05) is 12.1 Å². The summed E-state index contributed by atoms with van der Waals surface area (Å²) in [6, 6.07) is 9.88. The molecule has 1 atom stereocenters. The molecule has 25 heavy (non-hydrogen) atoms. The van der Waals surface area contributed by atoms with Gasteiger partial charge in [0.1, 0.15) is 12.7 Å². The average Bonchev–Trinajstić information content (AvgIpc) is 3.38. The molecule has 7 nitrogen and oxygen atoms in total. The minimum absolute atomic E-state index is 0.0990. The monoisotopic (exact) mass is 336 g/mol. The maximum Gasteiger partial charge on any atom is 0.254 e. The van der Waals surface area contributed by atoms with Gasteiger partial charge < -0.3 is 4.90 Å². The predicted molar refractivity (Wildman–Crippen MR) is 91.9 cm³/mol. The Hall–Kier alpha value is -2.96. The number of nitrogens with zero attached hydrogens (tertiary/aromatic N) is 6. The van der Waals surface area contributed by atoms with Crippen molar-refractivity contribution < 1.29 is 4.79 Å². The van der Waals surface area contributed by atoms with E-state index >= 15 is 0 Å². The number of hydrogen-bond acceptors (Lipinski definition) is 4. The fourth-order valence-corrected chi connectivity index (χ4v) is 3.34. The highest BCUT2D eigenvalue weighted by molar-refractivity contribution is 5.94. The molecule has 1 fully saturated rings. The maximum atomic E-state index is 12.9. The van der Waals surface area contributed by atoms with Gasteiger partial charge in [0.15, 0.2) is 0 Å². The van der Waals surface area contributed by atoms with Crippen molar-refractivity contribution in [1.82, 2.24) is 29.4 Å². The molecule has 4 rings (SSSR count). The Kier molecular flexibility index (Phi) is 4.28. The molecular formula is C18H20N6O. The quantitative estimate of drug-likeness (QED) is 0.713. The molecule has 3 heterocycles. The van der Waals surface area contributed by atoms with Crippen LogP contribution in [0.2, 0.25) is 0 Å². The average molecular weight is 336 g/mol. The predicted octanol–water partition coefficient (Wildman–Crippen LogP) is 1.83. The lowest BCUT2D eigenvalue weighted by Crippen LogP contribution is -2.38. The lowest BCUT2D eigenvalue weighted by molar-refractivity contribution is 0.0721. The van der Waals surface area contributed by atoms with E-state index in [0.717, 1.165) is 37.1 Å². The van der Waals surface area contributed by atoms with Crippen LogP contribution in [0.25, 0.3) is 0 Å². The van der Waals surface area contributed by atoms with E-state index in [2.05, 4.69) is 15.2 Å². The molecule has 128 valence electrons. The summed E-state index contributed by atoms with van der Waals surface area (Å²) in [5, 5.41) is 8.36. The number of carbonyl (C=O) groups is 1. The Labute approximate surface area is 145 Å². The largest absolute Gasteiger partial charge is 0.334 e. The third-order valence-corrected chi connectivity index (χ3v) is 4.61. The number of hydrogen-bond donors (Lipinski definition) is 0. The third kappa shape index (κ3) is 3.45. The van der Waals surface area contributed by atoms with Crippen molar-refractivity contribution in [3.63, 3.8) is 0 Å². The first-order valence-electron chi connectivity index (χ1n) is 8.49. The first kappa shape index (κ1) is 15.6. The molecule has 1 saturated heterocycles. The Morgan fingerprint density at radius 2 is 2.04 bits per heavy atom. The smallest absolute Gasteiger partial charge is 0.254 e. The molecule has 1 aliphatic rings. The molecule has 1 unspecified atom stereocenters. The van der Waals surface area contributed by atoms with Crippen molar-refractivity contribution in [2.75, 3.05) is 6.54 Å². The van der Waals surface area contributed by atoms with Gasteiger partial charge in [-0.25, -0.2) is 9.67 Å². The summed E-state index contributed by atoms with van der Waals surface area (Å²) < 4.78 is 3.66. The summed E-state index contributed by atoms with van der Waals surface area (Å²) in [5.74, 6) is 0.0990. The van der Waals surface area contributed by atoms with Gasteiger partial charge in [0.05, 0.1) is 19.1 Å². The highest BCUT2D eigenvalue weighted by Crippen LogP contribution is 2.21. The second-order valence-corrected chi connectivity index (χ2v) is 6.31. The number of amides is 1. The number of likely N-dealkylation sites (tertiary alicyclic amines) is 1. The topological polar surface area (TPSA) is 68.8 Å². The Morgan fingerprint density at radius 3 is 2.76 bits per heavy atom. The fourth-order valence-electron chi connectivity index (χ4n) is 3.34. The van der Waals surface area contributed by atoms with Gasteiger partial charge in [0.2, 0.25) is 0 Å². The van der Waals surface area contributed by atoms with Crippen molar-refractivity contribution in [2.24, 2.45) is 0 Å². The van der Waals surface area contributed by atoms with Gasteiger partial charge in [0.25, 0.3) is 5.91 Å². The SMILES string of the molecule is O=C(c1ccc(Cn2cncn2)cc1)N1CCCC1Cn1cccn1. The molecule has 0 N–H and O–H groups in total. The highest BCUT2D eigenvalue weighted by atomic mass is 16.2. The van der Waals surface area contributed by atoms with Gasteiger partial charge in [-0.15, -0.1) is 0 Å². The van der Waals surface area contributed by atoms with Crippen molar-refractivity contribution in [2.45, 2.75) is 32.0 Å². The molecular weight excluding hydrogens is 316 g/mol. The zero-order valence-corrected chi connectivity index (χ0v) is 13.9. The zero-order valence-electron chi connectivity index (χ0n) is 13.9. The minimum Gasteiger partial charge on any atom is -0.334 e. The first-order valence-corrected chi connectivity index (χ1v) is 8.49. The standard InChI is InChI=1S/C18H20N6O/c25-18(24-10-1-3-17(24)12-22-9-2-8-20-22)16-6-4-15(5-7-16)11-23-14-19-13-21-23/h2,4-9,13-14,17H,1,3,10-12H2.